The maximum atomic E-state index is 12.4. The molecule has 0 aliphatic carbocycles. The molecule has 0 radical (unpaired) electrons. The van der Waals surface area contributed by atoms with E-state index in [4.69, 9.17) is 11.6 Å². The van der Waals surface area contributed by atoms with Crippen LogP contribution in [-0.2, 0) is 20.5 Å². The molecule has 0 fully saturated rings. The number of nitrogens with zero attached hydrogens (tertiary/aromatic N) is 1. The van der Waals surface area contributed by atoms with Crippen molar-refractivity contribution >= 4 is 24.0 Å². The summed E-state index contributed by atoms with van der Waals surface area (Å²) in [6.07, 6.45) is -8.23. The first-order valence-electron chi connectivity index (χ1n) is 6.93. The van der Waals surface area contributed by atoms with Crippen LogP contribution in [0.4, 0.5) is 26.3 Å². The first-order chi connectivity index (χ1) is 11.7. The molecule has 1 amide bonds. The van der Waals surface area contributed by atoms with E-state index < -0.39 is 30.5 Å². The molecule has 0 aliphatic heterocycles. The molecule has 148 valence electrons. The maximum absolute atomic E-state index is 12.4. The Bertz CT molecular complexity index is 618. The lowest BCUT2D eigenvalue weighted by molar-refractivity contribution is -0.184. The van der Waals surface area contributed by atoms with Gasteiger partial charge in [0.15, 0.2) is 6.61 Å². The minimum atomic E-state index is -4.41. The minimum Gasteiger partial charge on any atom is -0.456 e. The van der Waals surface area contributed by atoms with Crippen molar-refractivity contribution in [2.45, 2.75) is 32.2 Å². The van der Waals surface area contributed by atoms with E-state index in [0.717, 1.165) is 19.1 Å². The molecule has 0 aromatic heterocycles. The van der Waals surface area contributed by atoms with E-state index >= 15 is 0 Å². The summed E-state index contributed by atoms with van der Waals surface area (Å²) in [5, 5.41) is 0.000949. The number of halogens is 7. The maximum Gasteiger partial charge on any atom is 0.422 e. The summed E-state index contributed by atoms with van der Waals surface area (Å²) in [6.45, 7) is 1.11. The van der Waals surface area contributed by atoms with Crippen LogP contribution in [0.15, 0.2) is 18.2 Å². The molecule has 1 aromatic carbocycles. The highest BCUT2D eigenvalue weighted by Gasteiger charge is 2.31. The third-order valence-electron chi connectivity index (χ3n) is 2.99. The van der Waals surface area contributed by atoms with Crippen molar-refractivity contribution in [3.63, 3.8) is 0 Å². The van der Waals surface area contributed by atoms with E-state index in [1.807, 2.05) is 0 Å². The smallest absolute Gasteiger partial charge is 0.422 e. The van der Waals surface area contributed by atoms with E-state index in [-0.39, 0.29) is 11.1 Å². The molecule has 1 aromatic rings. The zero-order chi connectivity index (χ0) is 20.7. The van der Waals surface area contributed by atoms with Crippen molar-refractivity contribution in [1.82, 2.24) is 4.90 Å². The van der Waals surface area contributed by atoms with Crippen LogP contribution in [0.3, 0.4) is 0 Å². The Morgan fingerprint density at radius 2 is 1.81 bits per heavy atom. The van der Waals surface area contributed by atoms with Crippen molar-refractivity contribution in [3.8, 4) is 0 Å². The van der Waals surface area contributed by atoms with Gasteiger partial charge >= 0.3 is 18.3 Å². The van der Waals surface area contributed by atoms with Crippen molar-refractivity contribution in [2.24, 2.45) is 0 Å². The van der Waals surface area contributed by atoms with Crippen LogP contribution in [0, 0.1) is 0 Å². The first-order valence-corrected chi connectivity index (χ1v) is 7.30. The molecular formula is C15H16ClF6NO3. The minimum absolute atomic E-state index is 0.000949. The predicted molar refractivity (Wildman–Crippen MR) is 81.4 cm³/mol. The third-order valence-corrected chi connectivity index (χ3v) is 3.32. The number of hydrogen-bond donors (Lipinski definition) is 0. The van der Waals surface area contributed by atoms with Crippen molar-refractivity contribution < 1.29 is 40.7 Å². The van der Waals surface area contributed by atoms with Gasteiger partial charge in [0.2, 0.25) is 6.41 Å². The van der Waals surface area contributed by atoms with Crippen LogP contribution in [-0.4, -0.2) is 37.1 Å². The molecule has 1 unspecified atom stereocenters. The fraction of sp³-hybridized carbons (Fsp3) is 0.467. The number of carbonyl (C=O) groups excluding carboxylic acids is 2. The fourth-order valence-electron chi connectivity index (χ4n) is 1.54. The number of hydrogen-bond acceptors (Lipinski definition) is 3. The van der Waals surface area contributed by atoms with Crippen LogP contribution in [0.5, 0.6) is 0 Å². The third kappa shape index (κ3) is 8.93. The molecule has 4 nitrogen and oxygen atoms in total. The number of carbonyl (C=O) groups is 2. The second-order valence-corrected chi connectivity index (χ2v) is 5.48. The Morgan fingerprint density at radius 1 is 1.27 bits per heavy atom. The van der Waals surface area contributed by atoms with E-state index in [2.05, 4.69) is 4.74 Å². The van der Waals surface area contributed by atoms with Crippen LogP contribution < -0.4 is 0 Å². The summed E-state index contributed by atoms with van der Waals surface area (Å²) in [5.74, 6) is -0.924. The molecule has 0 saturated carbocycles. The molecule has 0 bridgehead atoms. The molecule has 0 N–H and O–H groups in total. The number of esters is 1. The van der Waals surface area contributed by atoms with E-state index in [1.165, 1.54) is 18.0 Å². The summed E-state index contributed by atoms with van der Waals surface area (Å²) >= 11 is 5.79. The summed E-state index contributed by atoms with van der Waals surface area (Å²) in [5.41, 5.74) is -0.318. The quantitative estimate of drug-likeness (QED) is 0.415. The van der Waals surface area contributed by atoms with Gasteiger partial charge in [-0.2, -0.15) is 26.3 Å². The van der Waals surface area contributed by atoms with E-state index in [1.54, 1.807) is 6.92 Å². The van der Waals surface area contributed by atoms with Gasteiger partial charge in [-0.05, 0) is 24.6 Å². The highest BCUT2D eigenvalue weighted by molar-refractivity contribution is 6.31. The van der Waals surface area contributed by atoms with Crippen molar-refractivity contribution in [2.75, 3.05) is 13.7 Å². The molecule has 11 heteroatoms. The van der Waals surface area contributed by atoms with E-state index in [9.17, 15) is 35.9 Å². The highest BCUT2D eigenvalue weighted by atomic mass is 35.5. The van der Waals surface area contributed by atoms with Gasteiger partial charge in [0.05, 0.1) is 11.6 Å². The zero-order valence-electron chi connectivity index (χ0n) is 13.9. The second kappa shape index (κ2) is 9.65. The molecule has 1 rings (SSSR count). The average Bonchev–Trinajstić information content (AvgIpc) is 2.50. The van der Waals surface area contributed by atoms with Crippen LogP contribution in [0.2, 0.25) is 5.02 Å². The topological polar surface area (TPSA) is 46.6 Å². The molecule has 26 heavy (non-hydrogen) atoms. The Morgan fingerprint density at radius 3 is 2.12 bits per heavy atom. The normalized spacial score (nSPS) is 12.5. The molecule has 0 heterocycles. The summed E-state index contributed by atoms with van der Waals surface area (Å²) in [4.78, 5) is 21.7. The van der Waals surface area contributed by atoms with Crippen LogP contribution >= 0.6 is 11.6 Å². The van der Waals surface area contributed by atoms with Crippen molar-refractivity contribution in [3.05, 3.63) is 34.3 Å². The highest BCUT2D eigenvalue weighted by Crippen LogP contribution is 2.34. The van der Waals surface area contributed by atoms with Gasteiger partial charge in [-0.15, -0.1) is 0 Å². The average molecular weight is 408 g/mol. The van der Waals surface area contributed by atoms with Crippen molar-refractivity contribution in [1.29, 1.82) is 0 Å². The van der Waals surface area contributed by atoms with Gasteiger partial charge in [-0.3, -0.25) is 9.59 Å². The fourth-order valence-corrected chi connectivity index (χ4v) is 1.87. The van der Waals surface area contributed by atoms with Gasteiger partial charge in [-0.25, -0.2) is 0 Å². The van der Waals surface area contributed by atoms with Gasteiger partial charge in [-0.1, -0.05) is 17.7 Å². The van der Waals surface area contributed by atoms with Gasteiger partial charge in [0.1, 0.15) is 0 Å². The van der Waals surface area contributed by atoms with E-state index in [0.29, 0.717) is 12.0 Å². The number of alkyl halides is 6. The molecular weight excluding hydrogens is 392 g/mol. The Balaban J connectivity index is 0.000000590. The largest absolute Gasteiger partial charge is 0.456 e. The number of amides is 1. The van der Waals surface area contributed by atoms with Gasteiger partial charge in [0, 0.05) is 19.0 Å². The number of ether oxygens (including phenoxy) is 1. The Labute approximate surface area is 150 Å². The summed E-state index contributed by atoms with van der Waals surface area (Å²) in [7, 11) is 1.53. The van der Waals surface area contributed by atoms with Crippen LogP contribution in [0.25, 0.3) is 0 Å². The zero-order valence-corrected chi connectivity index (χ0v) is 14.7. The monoisotopic (exact) mass is 407 g/mol. The molecule has 1 atom stereocenters. The lowest BCUT2D eigenvalue weighted by Gasteiger charge is -2.22. The standard InChI is InChI=1S/C11H11ClF3NO.C4H5F3O2/c1-7(16(2)6-17)9-4-3-8(5-10(9)12)11(13,14)15;1-3(8)9-2-4(5,6)7/h3-7H,1-2H3;2H2,1H3. The molecule has 0 saturated heterocycles. The lowest BCUT2D eigenvalue weighted by atomic mass is 10.1. The number of rotatable bonds is 4. The summed E-state index contributed by atoms with van der Waals surface area (Å²) in [6, 6.07) is 2.74. The Kier molecular flexibility index (Phi) is 8.92. The summed E-state index contributed by atoms with van der Waals surface area (Å²) < 4.78 is 74.3. The van der Waals surface area contributed by atoms with Gasteiger partial charge < -0.3 is 9.64 Å². The number of benzene rings is 1. The molecule has 0 spiro atoms. The second-order valence-electron chi connectivity index (χ2n) is 5.08. The lowest BCUT2D eigenvalue weighted by Crippen LogP contribution is -2.20. The first kappa shape index (κ1) is 24.0. The van der Waals surface area contributed by atoms with Gasteiger partial charge in [0.25, 0.3) is 0 Å². The van der Waals surface area contributed by atoms with Crippen LogP contribution in [0.1, 0.15) is 31.0 Å². The Hall–Kier alpha value is -1.97. The molecule has 0 aliphatic rings. The predicted octanol–water partition coefficient (Wildman–Crippen LogP) is 4.62. The SMILES string of the molecule is CC(=O)OCC(F)(F)F.CC(c1ccc(C(F)(F)F)cc1Cl)N(C)C=O.